The summed E-state index contributed by atoms with van der Waals surface area (Å²) in [5.74, 6) is 1.76. The third-order valence-electron chi connectivity index (χ3n) is 3.21. The van der Waals surface area contributed by atoms with Crippen molar-refractivity contribution >= 4 is 29.2 Å². The first kappa shape index (κ1) is 13.9. The van der Waals surface area contributed by atoms with Crippen molar-refractivity contribution in [3.05, 3.63) is 30.2 Å². The molecule has 0 saturated carbocycles. The number of hydrogen-bond donors (Lipinski definition) is 1. The second-order valence-electron chi connectivity index (χ2n) is 4.71. The zero-order valence-electron chi connectivity index (χ0n) is 11.4. The fourth-order valence-electron chi connectivity index (χ4n) is 2.14. The van der Waals surface area contributed by atoms with Crippen molar-refractivity contribution < 1.29 is 9.59 Å². The van der Waals surface area contributed by atoms with Crippen LogP contribution in [-0.4, -0.2) is 56.0 Å². The van der Waals surface area contributed by atoms with Gasteiger partial charge in [-0.3, -0.25) is 14.0 Å². The van der Waals surface area contributed by atoms with Gasteiger partial charge in [0.25, 0.3) is 0 Å². The van der Waals surface area contributed by atoms with Crippen LogP contribution in [0.15, 0.2) is 24.4 Å². The molecule has 110 valence electrons. The molecule has 0 bridgehead atoms. The number of hydrogen-bond acceptors (Lipinski definition) is 5. The fourth-order valence-corrected chi connectivity index (χ4v) is 3.05. The van der Waals surface area contributed by atoms with Crippen LogP contribution in [-0.2, 0) is 16.0 Å². The lowest BCUT2D eigenvalue weighted by Crippen LogP contribution is -2.38. The van der Waals surface area contributed by atoms with E-state index in [4.69, 9.17) is 0 Å². The van der Waals surface area contributed by atoms with Gasteiger partial charge in [-0.05, 0) is 12.1 Å². The second-order valence-corrected chi connectivity index (χ2v) is 5.67. The third kappa shape index (κ3) is 3.15. The van der Waals surface area contributed by atoms with E-state index in [2.05, 4.69) is 15.5 Å². The highest BCUT2D eigenvalue weighted by Crippen LogP contribution is 2.13. The monoisotopic (exact) mass is 305 g/mol. The molecule has 3 rings (SSSR count). The van der Waals surface area contributed by atoms with E-state index in [1.807, 2.05) is 28.8 Å². The van der Waals surface area contributed by atoms with Crippen LogP contribution in [0, 0.1) is 0 Å². The molecule has 8 heteroatoms. The Labute approximate surface area is 125 Å². The molecule has 0 spiro atoms. The molecule has 3 heterocycles. The van der Waals surface area contributed by atoms with Crippen molar-refractivity contribution in [1.29, 1.82) is 0 Å². The Bertz CT molecular complexity index is 671. The molecule has 1 fully saturated rings. The maximum atomic E-state index is 11.8. The number of fused-ring (bicyclic) bond motifs is 1. The molecule has 1 N–H and O–H groups in total. The zero-order chi connectivity index (χ0) is 14.7. The standard InChI is InChI=1S/C13H15N5O2S/c19-12(7-17-9-21-8-13(17)20)14-5-4-11-16-15-10-3-1-2-6-18(10)11/h1-3,6H,4-5,7-9H2,(H,14,19). The van der Waals surface area contributed by atoms with Crippen LogP contribution in [0.5, 0.6) is 0 Å². The second kappa shape index (κ2) is 6.13. The van der Waals surface area contributed by atoms with E-state index in [1.54, 1.807) is 4.90 Å². The average molecular weight is 305 g/mol. The maximum absolute atomic E-state index is 11.8. The number of nitrogens with one attached hydrogen (secondary N) is 1. The molecule has 1 saturated heterocycles. The molecular weight excluding hydrogens is 290 g/mol. The van der Waals surface area contributed by atoms with E-state index in [0.29, 0.717) is 24.6 Å². The first-order chi connectivity index (χ1) is 10.2. The number of thioether (sulfide) groups is 1. The summed E-state index contributed by atoms with van der Waals surface area (Å²) in [6.07, 6.45) is 2.49. The topological polar surface area (TPSA) is 79.6 Å². The van der Waals surface area contributed by atoms with E-state index in [-0.39, 0.29) is 18.4 Å². The highest BCUT2D eigenvalue weighted by Gasteiger charge is 2.22. The normalized spacial score (nSPS) is 14.9. The number of carbonyl (C=O) groups excluding carboxylic acids is 2. The minimum Gasteiger partial charge on any atom is -0.354 e. The van der Waals surface area contributed by atoms with Gasteiger partial charge in [-0.15, -0.1) is 22.0 Å². The molecule has 21 heavy (non-hydrogen) atoms. The van der Waals surface area contributed by atoms with Crippen LogP contribution in [0.4, 0.5) is 0 Å². The lowest BCUT2D eigenvalue weighted by molar-refractivity contribution is -0.132. The number of rotatable bonds is 5. The van der Waals surface area contributed by atoms with Gasteiger partial charge in [0, 0.05) is 19.2 Å². The minimum atomic E-state index is -0.139. The maximum Gasteiger partial charge on any atom is 0.239 e. The van der Waals surface area contributed by atoms with Gasteiger partial charge in [0.15, 0.2) is 5.65 Å². The Morgan fingerprint density at radius 1 is 1.38 bits per heavy atom. The molecule has 0 aliphatic carbocycles. The van der Waals surface area contributed by atoms with Crippen molar-refractivity contribution in [2.75, 3.05) is 24.7 Å². The molecule has 0 unspecified atom stereocenters. The molecule has 1 aliphatic rings. The van der Waals surface area contributed by atoms with Gasteiger partial charge in [-0.25, -0.2) is 0 Å². The van der Waals surface area contributed by atoms with E-state index in [0.717, 1.165) is 11.5 Å². The van der Waals surface area contributed by atoms with Crippen molar-refractivity contribution in [1.82, 2.24) is 24.8 Å². The SMILES string of the molecule is O=C(CN1CSCC1=O)NCCc1nnc2ccccn12. The molecule has 0 radical (unpaired) electrons. The molecule has 2 aromatic heterocycles. The molecular formula is C13H15N5O2S. The van der Waals surface area contributed by atoms with E-state index < -0.39 is 0 Å². The summed E-state index contributed by atoms with van der Waals surface area (Å²) in [6.45, 7) is 0.607. The average Bonchev–Trinajstić information content (AvgIpc) is 3.07. The fraction of sp³-hybridized carbons (Fsp3) is 0.385. The van der Waals surface area contributed by atoms with Crippen LogP contribution in [0.3, 0.4) is 0 Å². The van der Waals surface area contributed by atoms with Gasteiger partial charge < -0.3 is 10.2 Å². The Morgan fingerprint density at radius 3 is 3.10 bits per heavy atom. The summed E-state index contributed by atoms with van der Waals surface area (Å²) < 4.78 is 1.90. The van der Waals surface area contributed by atoms with E-state index in [1.165, 1.54) is 11.8 Å². The van der Waals surface area contributed by atoms with Gasteiger partial charge in [0.2, 0.25) is 11.8 Å². The van der Waals surface area contributed by atoms with Crippen molar-refractivity contribution in [3.8, 4) is 0 Å². The molecule has 2 aromatic rings. The van der Waals surface area contributed by atoms with Crippen LogP contribution < -0.4 is 5.32 Å². The van der Waals surface area contributed by atoms with E-state index >= 15 is 0 Å². The zero-order valence-corrected chi connectivity index (χ0v) is 12.2. The summed E-state index contributed by atoms with van der Waals surface area (Å²) in [5, 5.41) is 11.0. The summed E-state index contributed by atoms with van der Waals surface area (Å²) in [4.78, 5) is 24.8. The lowest BCUT2D eigenvalue weighted by atomic mass is 10.3. The molecule has 0 aromatic carbocycles. The predicted octanol–water partition coefficient (Wildman–Crippen LogP) is -0.0791. The van der Waals surface area contributed by atoms with Crippen molar-refractivity contribution in [3.63, 3.8) is 0 Å². The van der Waals surface area contributed by atoms with Crippen LogP contribution >= 0.6 is 11.8 Å². The minimum absolute atomic E-state index is 0.0265. The first-order valence-electron chi connectivity index (χ1n) is 6.65. The lowest BCUT2D eigenvalue weighted by Gasteiger charge is -2.13. The number of amides is 2. The predicted molar refractivity (Wildman–Crippen MR) is 78.7 cm³/mol. The largest absolute Gasteiger partial charge is 0.354 e. The number of aromatic nitrogens is 3. The molecule has 1 aliphatic heterocycles. The summed E-state index contributed by atoms with van der Waals surface area (Å²) in [6, 6.07) is 5.70. The molecule has 2 amide bonds. The quantitative estimate of drug-likeness (QED) is 0.836. The Hall–Kier alpha value is -2.09. The Balaban J connectivity index is 1.49. The van der Waals surface area contributed by atoms with Crippen molar-refractivity contribution in [2.45, 2.75) is 6.42 Å². The number of carbonyl (C=O) groups is 2. The Kier molecular flexibility index (Phi) is 4.05. The van der Waals surface area contributed by atoms with Crippen LogP contribution in [0.1, 0.15) is 5.82 Å². The summed E-state index contributed by atoms with van der Waals surface area (Å²) in [7, 11) is 0. The summed E-state index contributed by atoms with van der Waals surface area (Å²) in [5.41, 5.74) is 0.790. The Morgan fingerprint density at radius 2 is 2.29 bits per heavy atom. The van der Waals surface area contributed by atoms with Crippen molar-refractivity contribution in [2.24, 2.45) is 0 Å². The van der Waals surface area contributed by atoms with Crippen LogP contribution in [0.2, 0.25) is 0 Å². The van der Waals surface area contributed by atoms with E-state index in [9.17, 15) is 9.59 Å². The molecule has 0 atom stereocenters. The van der Waals surface area contributed by atoms with Gasteiger partial charge in [0.05, 0.1) is 11.6 Å². The summed E-state index contributed by atoms with van der Waals surface area (Å²) >= 11 is 1.53. The number of pyridine rings is 1. The first-order valence-corrected chi connectivity index (χ1v) is 7.80. The highest BCUT2D eigenvalue weighted by molar-refractivity contribution is 8.00. The number of nitrogens with zero attached hydrogens (tertiary/aromatic N) is 4. The van der Waals surface area contributed by atoms with Gasteiger partial charge >= 0.3 is 0 Å². The van der Waals surface area contributed by atoms with Gasteiger partial charge in [-0.1, -0.05) is 6.07 Å². The van der Waals surface area contributed by atoms with Crippen LogP contribution in [0.25, 0.3) is 5.65 Å². The molecule has 7 nitrogen and oxygen atoms in total. The van der Waals surface area contributed by atoms with Gasteiger partial charge in [0.1, 0.15) is 12.4 Å². The highest BCUT2D eigenvalue weighted by atomic mass is 32.2. The third-order valence-corrected chi connectivity index (χ3v) is 4.16. The smallest absolute Gasteiger partial charge is 0.239 e. The van der Waals surface area contributed by atoms with Gasteiger partial charge in [-0.2, -0.15) is 0 Å².